The van der Waals surface area contributed by atoms with Crippen LogP contribution in [0.2, 0.25) is 0 Å². The largest absolute Gasteiger partial charge is 0.368 e. The molecule has 2 amide bonds. The molecule has 1 atom stereocenters. The molecule has 30 heavy (non-hydrogen) atoms. The summed E-state index contributed by atoms with van der Waals surface area (Å²) in [5.41, 5.74) is 2.88. The van der Waals surface area contributed by atoms with Gasteiger partial charge in [0.15, 0.2) is 0 Å². The van der Waals surface area contributed by atoms with Gasteiger partial charge in [0.2, 0.25) is 11.8 Å². The SMILES string of the molecule is CC(C(=O)N1CCC2(CC1)OCCc1cn(-c3ccccc3)nc12)N1CCCC1=O. The molecule has 0 N–H and O–H groups in total. The number of rotatable bonds is 3. The van der Waals surface area contributed by atoms with E-state index in [1.54, 1.807) is 4.90 Å². The molecule has 3 aliphatic heterocycles. The summed E-state index contributed by atoms with van der Waals surface area (Å²) in [6.07, 6.45) is 5.85. The molecule has 0 saturated carbocycles. The second kappa shape index (κ2) is 7.54. The second-order valence-electron chi connectivity index (χ2n) is 8.57. The lowest BCUT2D eigenvalue weighted by molar-refractivity contribution is -0.149. The summed E-state index contributed by atoms with van der Waals surface area (Å²) in [6, 6.07) is 9.75. The van der Waals surface area contributed by atoms with E-state index in [4.69, 9.17) is 9.84 Å². The first-order valence-electron chi connectivity index (χ1n) is 10.9. The summed E-state index contributed by atoms with van der Waals surface area (Å²) in [5.74, 6) is 0.141. The Morgan fingerprint density at radius 1 is 1.13 bits per heavy atom. The van der Waals surface area contributed by atoms with E-state index in [0.717, 1.165) is 37.1 Å². The van der Waals surface area contributed by atoms with E-state index in [2.05, 4.69) is 6.20 Å². The molecule has 7 heteroatoms. The van der Waals surface area contributed by atoms with Crippen molar-refractivity contribution in [2.45, 2.75) is 50.7 Å². The summed E-state index contributed by atoms with van der Waals surface area (Å²) in [5, 5.41) is 4.91. The molecule has 3 aliphatic rings. The van der Waals surface area contributed by atoms with Gasteiger partial charge in [-0.3, -0.25) is 9.59 Å². The lowest BCUT2D eigenvalue weighted by Crippen LogP contribution is -2.53. The Kier molecular flexibility index (Phi) is 4.85. The normalized spacial score (nSPS) is 21.7. The number of para-hydroxylation sites is 1. The Balaban J connectivity index is 1.32. The fourth-order valence-corrected chi connectivity index (χ4v) is 5.06. The monoisotopic (exact) mass is 408 g/mol. The number of piperidine rings is 1. The third kappa shape index (κ3) is 3.21. The highest BCUT2D eigenvalue weighted by atomic mass is 16.5. The van der Waals surface area contributed by atoms with Crippen molar-refractivity contribution in [3.05, 3.63) is 47.8 Å². The number of nitrogens with zero attached hydrogens (tertiary/aromatic N) is 4. The number of benzene rings is 1. The van der Waals surface area contributed by atoms with E-state index < -0.39 is 5.60 Å². The van der Waals surface area contributed by atoms with Crippen LogP contribution in [0, 0.1) is 0 Å². The van der Waals surface area contributed by atoms with Gasteiger partial charge in [0.25, 0.3) is 0 Å². The molecule has 4 heterocycles. The van der Waals surface area contributed by atoms with Crippen LogP contribution in [0.3, 0.4) is 0 Å². The summed E-state index contributed by atoms with van der Waals surface area (Å²) in [4.78, 5) is 28.7. The Hall–Kier alpha value is -2.67. The van der Waals surface area contributed by atoms with Gasteiger partial charge in [0, 0.05) is 32.3 Å². The van der Waals surface area contributed by atoms with E-state index in [0.29, 0.717) is 32.7 Å². The van der Waals surface area contributed by atoms with Crippen molar-refractivity contribution in [3.8, 4) is 5.69 Å². The lowest BCUT2D eigenvalue weighted by Gasteiger charge is -2.43. The maximum Gasteiger partial charge on any atom is 0.245 e. The number of fused-ring (bicyclic) bond motifs is 2. The van der Waals surface area contributed by atoms with Crippen molar-refractivity contribution in [2.75, 3.05) is 26.2 Å². The number of carbonyl (C=O) groups is 2. The highest BCUT2D eigenvalue weighted by Gasteiger charge is 2.45. The molecule has 1 spiro atoms. The third-order valence-electron chi connectivity index (χ3n) is 6.81. The third-order valence-corrected chi connectivity index (χ3v) is 6.81. The van der Waals surface area contributed by atoms with Gasteiger partial charge in [-0.25, -0.2) is 4.68 Å². The number of amides is 2. The van der Waals surface area contributed by atoms with Crippen LogP contribution in [0.15, 0.2) is 36.5 Å². The predicted molar refractivity (Wildman–Crippen MR) is 111 cm³/mol. The highest BCUT2D eigenvalue weighted by molar-refractivity contribution is 5.88. The Morgan fingerprint density at radius 2 is 1.90 bits per heavy atom. The molecule has 158 valence electrons. The molecule has 7 nitrogen and oxygen atoms in total. The maximum atomic E-state index is 13.0. The van der Waals surface area contributed by atoms with Crippen LogP contribution in [0.1, 0.15) is 43.9 Å². The van der Waals surface area contributed by atoms with Crippen LogP contribution in [0.25, 0.3) is 5.69 Å². The van der Waals surface area contributed by atoms with Crippen molar-refractivity contribution in [1.82, 2.24) is 19.6 Å². The topological polar surface area (TPSA) is 67.7 Å². The van der Waals surface area contributed by atoms with Crippen LogP contribution in [0.5, 0.6) is 0 Å². The average molecular weight is 409 g/mol. The van der Waals surface area contributed by atoms with Gasteiger partial charge in [-0.2, -0.15) is 5.10 Å². The van der Waals surface area contributed by atoms with E-state index in [1.165, 1.54) is 5.56 Å². The zero-order valence-corrected chi connectivity index (χ0v) is 17.4. The number of ether oxygens (including phenoxy) is 1. The van der Waals surface area contributed by atoms with Gasteiger partial charge in [-0.05, 0) is 50.3 Å². The molecule has 0 radical (unpaired) electrons. The van der Waals surface area contributed by atoms with Gasteiger partial charge >= 0.3 is 0 Å². The summed E-state index contributed by atoms with van der Waals surface area (Å²) < 4.78 is 8.25. The molecule has 0 aliphatic carbocycles. The van der Waals surface area contributed by atoms with E-state index in [-0.39, 0.29) is 17.9 Å². The smallest absolute Gasteiger partial charge is 0.245 e. The van der Waals surface area contributed by atoms with Gasteiger partial charge < -0.3 is 14.5 Å². The number of aromatic nitrogens is 2. The minimum absolute atomic E-state index is 0.0472. The fraction of sp³-hybridized carbons (Fsp3) is 0.522. The molecule has 2 aromatic rings. The van der Waals surface area contributed by atoms with Crippen molar-refractivity contribution in [3.63, 3.8) is 0 Å². The van der Waals surface area contributed by atoms with Crippen molar-refractivity contribution in [2.24, 2.45) is 0 Å². The molecule has 2 fully saturated rings. The van der Waals surface area contributed by atoms with Crippen LogP contribution >= 0.6 is 0 Å². The number of carbonyl (C=O) groups excluding carboxylic acids is 2. The number of hydrogen-bond acceptors (Lipinski definition) is 4. The van der Waals surface area contributed by atoms with Gasteiger partial charge in [0.05, 0.1) is 18.0 Å². The van der Waals surface area contributed by atoms with Gasteiger partial charge in [0.1, 0.15) is 11.6 Å². The lowest BCUT2D eigenvalue weighted by atomic mass is 9.83. The van der Waals surface area contributed by atoms with E-state index in [9.17, 15) is 9.59 Å². The first kappa shape index (κ1) is 19.3. The molecule has 2 saturated heterocycles. The van der Waals surface area contributed by atoms with Crippen LogP contribution in [0.4, 0.5) is 0 Å². The second-order valence-corrected chi connectivity index (χ2v) is 8.57. The minimum Gasteiger partial charge on any atom is -0.368 e. The average Bonchev–Trinajstić information content (AvgIpc) is 3.41. The zero-order valence-electron chi connectivity index (χ0n) is 17.4. The summed E-state index contributed by atoms with van der Waals surface area (Å²) >= 11 is 0. The Bertz CT molecular complexity index is 947. The predicted octanol–water partition coefficient (Wildman–Crippen LogP) is 2.27. The molecule has 0 bridgehead atoms. The van der Waals surface area contributed by atoms with E-state index in [1.807, 2.05) is 46.8 Å². The van der Waals surface area contributed by atoms with Crippen molar-refractivity contribution >= 4 is 11.8 Å². The minimum atomic E-state index is -0.420. The highest BCUT2D eigenvalue weighted by Crippen LogP contribution is 2.41. The van der Waals surface area contributed by atoms with Crippen molar-refractivity contribution in [1.29, 1.82) is 0 Å². The maximum absolute atomic E-state index is 13.0. The molecular formula is C23H28N4O3. The quantitative estimate of drug-likeness (QED) is 0.781. The number of likely N-dealkylation sites (tertiary alicyclic amines) is 2. The molecule has 1 aromatic carbocycles. The fourth-order valence-electron chi connectivity index (χ4n) is 5.06. The van der Waals surface area contributed by atoms with E-state index >= 15 is 0 Å². The molecule has 5 rings (SSSR count). The first-order chi connectivity index (χ1) is 14.6. The zero-order chi connectivity index (χ0) is 20.7. The van der Waals surface area contributed by atoms with Crippen LogP contribution < -0.4 is 0 Å². The standard InChI is InChI=1S/C23H28N4O3/c1-17(26-12-5-8-20(26)28)22(29)25-13-10-23(11-14-25)21-18(9-15-30-23)16-27(24-21)19-6-3-2-4-7-19/h2-4,6-7,16-17H,5,8-15H2,1H3. The van der Waals surface area contributed by atoms with Crippen LogP contribution in [-0.4, -0.2) is 63.7 Å². The molecular weight excluding hydrogens is 380 g/mol. The Labute approximate surface area is 176 Å². The Morgan fingerprint density at radius 3 is 2.60 bits per heavy atom. The van der Waals surface area contributed by atoms with Gasteiger partial charge in [-0.15, -0.1) is 0 Å². The van der Waals surface area contributed by atoms with Crippen LogP contribution in [-0.2, 0) is 26.3 Å². The molecule has 1 unspecified atom stereocenters. The van der Waals surface area contributed by atoms with Gasteiger partial charge in [-0.1, -0.05) is 18.2 Å². The summed E-state index contributed by atoms with van der Waals surface area (Å²) in [6.45, 7) is 4.48. The first-order valence-corrected chi connectivity index (χ1v) is 10.9. The summed E-state index contributed by atoms with van der Waals surface area (Å²) in [7, 11) is 0. The van der Waals surface area contributed by atoms with Crippen molar-refractivity contribution < 1.29 is 14.3 Å². The number of hydrogen-bond donors (Lipinski definition) is 0. The molecule has 1 aromatic heterocycles.